The molecule has 0 saturated heterocycles. The Balaban J connectivity index is 2.81. The van der Waals surface area contributed by atoms with Gasteiger partial charge in [0.1, 0.15) is 4.90 Å². The Hall–Kier alpha value is -0.330. The number of ether oxygens (including phenoxy) is 1. The Morgan fingerprint density at radius 2 is 1.89 bits per heavy atom. The molecule has 1 rings (SSSR count). The summed E-state index contributed by atoms with van der Waals surface area (Å²) in [6.07, 6.45) is -0.179. The number of hydrogen-bond acceptors (Lipinski definition) is 4. The van der Waals surface area contributed by atoms with Gasteiger partial charge in [0.2, 0.25) is 0 Å². The van der Waals surface area contributed by atoms with E-state index in [-0.39, 0.29) is 33.4 Å². The number of nitrogens with two attached hydrogens (primary N) is 1. The summed E-state index contributed by atoms with van der Waals surface area (Å²) in [7, 11) is -3.56. The number of hydrogen-bond donors (Lipinski definition) is 1. The van der Waals surface area contributed by atoms with Crippen LogP contribution in [0.15, 0.2) is 23.1 Å². The van der Waals surface area contributed by atoms with Gasteiger partial charge in [0.15, 0.2) is 9.84 Å². The third kappa shape index (κ3) is 4.10. The summed E-state index contributed by atoms with van der Waals surface area (Å²) in [4.78, 5) is -0.0441. The van der Waals surface area contributed by atoms with Gasteiger partial charge < -0.3 is 10.5 Å². The Morgan fingerprint density at radius 1 is 1.33 bits per heavy atom. The number of halogens is 2. The molecule has 0 heterocycles. The smallest absolute Gasteiger partial charge is 0.183 e. The highest BCUT2D eigenvalue weighted by atomic mass is 35.5. The number of rotatable bonds is 6. The molecule has 102 valence electrons. The summed E-state index contributed by atoms with van der Waals surface area (Å²) < 4.78 is 29.4. The molecule has 1 unspecified atom stereocenters. The predicted octanol–water partition coefficient (Wildman–Crippen LogP) is 2.13. The van der Waals surface area contributed by atoms with Crippen LogP contribution in [0.3, 0.4) is 0 Å². The van der Waals surface area contributed by atoms with Crippen LogP contribution in [-0.4, -0.2) is 33.4 Å². The van der Waals surface area contributed by atoms with Gasteiger partial charge in [0.05, 0.1) is 28.5 Å². The molecule has 0 aromatic heterocycles. The van der Waals surface area contributed by atoms with Crippen molar-refractivity contribution in [2.45, 2.75) is 17.9 Å². The van der Waals surface area contributed by atoms with Gasteiger partial charge in [-0.25, -0.2) is 8.42 Å². The largest absolute Gasteiger partial charge is 0.376 e. The van der Waals surface area contributed by atoms with E-state index in [1.807, 2.05) is 0 Å². The second-order valence-electron chi connectivity index (χ2n) is 3.79. The van der Waals surface area contributed by atoms with Crippen molar-refractivity contribution < 1.29 is 13.2 Å². The third-order valence-corrected chi connectivity index (χ3v) is 4.94. The first-order valence-electron chi connectivity index (χ1n) is 5.37. The van der Waals surface area contributed by atoms with Crippen molar-refractivity contribution in [1.82, 2.24) is 0 Å². The summed E-state index contributed by atoms with van der Waals surface area (Å²) in [6.45, 7) is 2.17. The summed E-state index contributed by atoms with van der Waals surface area (Å²) >= 11 is 11.7. The molecule has 0 saturated carbocycles. The van der Waals surface area contributed by atoms with E-state index >= 15 is 0 Å². The molecule has 0 aliphatic carbocycles. The molecular weight excluding hydrogens is 297 g/mol. The lowest BCUT2D eigenvalue weighted by Crippen LogP contribution is -2.23. The zero-order chi connectivity index (χ0) is 13.8. The van der Waals surface area contributed by atoms with Crippen molar-refractivity contribution in [1.29, 1.82) is 0 Å². The van der Waals surface area contributed by atoms with E-state index < -0.39 is 9.84 Å². The van der Waals surface area contributed by atoms with Gasteiger partial charge >= 0.3 is 0 Å². The summed E-state index contributed by atoms with van der Waals surface area (Å²) in [6, 6.07) is 4.57. The van der Waals surface area contributed by atoms with Crippen molar-refractivity contribution in [3.05, 3.63) is 28.2 Å². The fourth-order valence-electron chi connectivity index (χ4n) is 1.31. The van der Waals surface area contributed by atoms with Gasteiger partial charge in [-0.3, -0.25) is 0 Å². The average molecular weight is 312 g/mol. The molecule has 7 heteroatoms. The molecule has 1 atom stereocenters. The standard InChI is InChI=1S/C11H15Cl2NO3S/c1-8(7-14)17-5-6-18(15,16)11-9(12)3-2-4-10(11)13/h2-4,8H,5-7,14H2,1H3. The van der Waals surface area contributed by atoms with Crippen LogP contribution in [0.1, 0.15) is 6.92 Å². The molecule has 0 spiro atoms. The minimum absolute atomic E-state index is 0.0441. The van der Waals surface area contributed by atoms with E-state index in [1.54, 1.807) is 13.0 Å². The fraction of sp³-hybridized carbons (Fsp3) is 0.455. The Labute approximate surface area is 117 Å². The molecule has 0 radical (unpaired) electrons. The minimum Gasteiger partial charge on any atom is -0.376 e. The second-order valence-corrected chi connectivity index (χ2v) is 6.65. The normalized spacial score (nSPS) is 13.6. The lowest BCUT2D eigenvalue weighted by molar-refractivity contribution is 0.0838. The maximum Gasteiger partial charge on any atom is 0.183 e. The van der Waals surface area contributed by atoms with E-state index in [0.29, 0.717) is 6.54 Å². The molecule has 1 aromatic carbocycles. The molecule has 0 aliphatic rings. The summed E-state index contributed by atoms with van der Waals surface area (Å²) in [5.74, 6) is -0.180. The van der Waals surface area contributed by atoms with Crippen molar-refractivity contribution in [3.8, 4) is 0 Å². The van der Waals surface area contributed by atoms with Crippen molar-refractivity contribution in [3.63, 3.8) is 0 Å². The Morgan fingerprint density at radius 3 is 2.39 bits per heavy atom. The molecular formula is C11H15Cl2NO3S. The predicted molar refractivity (Wildman–Crippen MR) is 73.0 cm³/mol. The summed E-state index contributed by atoms with van der Waals surface area (Å²) in [5.41, 5.74) is 5.36. The first-order valence-corrected chi connectivity index (χ1v) is 7.77. The maximum atomic E-state index is 12.1. The maximum absolute atomic E-state index is 12.1. The van der Waals surface area contributed by atoms with Crippen molar-refractivity contribution in [2.24, 2.45) is 5.73 Å². The average Bonchev–Trinajstić information content (AvgIpc) is 2.27. The van der Waals surface area contributed by atoms with E-state index in [0.717, 1.165) is 0 Å². The Kier molecular flexibility index (Phi) is 5.88. The second kappa shape index (κ2) is 6.73. The molecule has 18 heavy (non-hydrogen) atoms. The van der Waals surface area contributed by atoms with Crippen LogP contribution in [0.2, 0.25) is 10.0 Å². The van der Waals surface area contributed by atoms with Gasteiger partial charge in [-0.1, -0.05) is 29.3 Å². The molecule has 0 amide bonds. The topological polar surface area (TPSA) is 69.4 Å². The SMILES string of the molecule is CC(CN)OCCS(=O)(=O)c1c(Cl)cccc1Cl. The van der Waals surface area contributed by atoms with Crippen LogP contribution in [0.4, 0.5) is 0 Å². The molecule has 4 nitrogen and oxygen atoms in total. The van der Waals surface area contributed by atoms with E-state index in [9.17, 15) is 8.42 Å². The number of sulfone groups is 1. The lowest BCUT2D eigenvalue weighted by atomic mass is 10.4. The highest BCUT2D eigenvalue weighted by molar-refractivity contribution is 7.91. The first-order chi connectivity index (χ1) is 8.38. The number of benzene rings is 1. The highest BCUT2D eigenvalue weighted by Gasteiger charge is 2.21. The van der Waals surface area contributed by atoms with E-state index in [4.69, 9.17) is 33.7 Å². The van der Waals surface area contributed by atoms with E-state index in [2.05, 4.69) is 0 Å². The zero-order valence-electron chi connectivity index (χ0n) is 9.90. The van der Waals surface area contributed by atoms with Gasteiger partial charge in [-0.15, -0.1) is 0 Å². The first kappa shape index (κ1) is 15.7. The van der Waals surface area contributed by atoms with Crippen LogP contribution < -0.4 is 5.73 Å². The van der Waals surface area contributed by atoms with Crippen molar-refractivity contribution >= 4 is 33.0 Å². The van der Waals surface area contributed by atoms with Gasteiger partial charge in [0, 0.05) is 6.54 Å². The quantitative estimate of drug-likeness (QED) is 0.873. The third-order valence-electron chi connectivity index (χ3n) is 2.32. The van der Waals surface area contributed by atoms with Crippen LogP contribution >= 0.6 is 23.2 Å². The lowest BCUT2D eigenvalue weighted by Gasteiger charge is -2.12. The van der Waals surface area contributed by atoms with Gasteiger partial charge in [0.25, 0.3) is 0 Å². The van der Waals surface area contributed by atoms with Crippen LogP contribution in [0, 0.1) is 0 Å². The zero-order valence-corrected chi connectivity index (χ0v) is 12.2. The van der Waals surface area contributed by atoms with Crippen LogP contribution in [-0.2, 0) is 14.6 Å². The molecule has 0 aliphatic heterocycles. The molecule has 0 fully saturated rings. The van der Waals surface area contributed by atoms with Crippen molar-refractivity contribution in [2.75, 3.05) is 18.9 Å². The minimum atomic E-state index is -3.56. The Bertz CT molecular complexity index is 485. The van der Waals surface area contributed by atoms with Gasteiger partial charge in [-0.05, 0) is 19.1 Å². The fourth-order valence-corrected chi connectivity index (χ4v) is 3.66. The van der Waals surface area contributed by atoms with Crippen LogP contribution in [0.5, 0.6) is 0 Å². The molecule has 0 bridgehead atoms. The monoisotopic (exact) mass is 311 g/mol. The van der Waals surface area contributed by atoms with Crippen LogP contribution in [0.25, 0.3) is 0 Å². The summed E-state index contributed by atoms with van der Waals surface area (Å²) in [5, 5.41) is 0.240. The highest BCUT2D eigenvalue weighted by Crippen LogP contribution is 2.29. The molecule has 1 aromatic rings. The molecule has 2 N–H and O–H groups in total. The van der Waals surface area contributed by atoms with Gasteiger partial charge in [-0.2, -0.15) is 0 Å². The van der Waals surface area contributed by atoms with E-state index in [1.165, 1.54) is 12.1 Å².